The summed E-state index contributed by atoms with van der Waals surface area (Å²) in [5, 5.41) is 0. The summed E-state index contributed by atoms with van der Waals surface area (Å²) in [5.74, 6) is 0.571. The summed E-state index contributed by atoms with van der Waals surface area (Å²) in [7, 11) is 2.09. The molecule has 0 spiro atoms. The molecule has 1 aliphatic carbocycles. The van der Waals surface area contributed by atoms with Crippen molar-refractivity contribution in [2.75, 3.05) is 13.2 Å². The third-order valence-corrected chi connectivity index (χ3v) is 6.69. The summed E-state index contributed by atoms with van der Waals surface area (Å²) in [6.07, 6.45) is 2.72. The second kappa shape index (κ2) is 8.47. The second-order valence-electron chi connectivity index (χ2n) is 9.51. The van der Waals surface area contributed by atoms with Gasteiger partial charge in [0.25, 0.3) is 0 Å². The zero-order valence-electron chi connectivity index (χ0n) is 18.6. The van der Waals surface area contributed by atoms with Crippen molar-refractivity contribution in [2.45, 2.75) is 57.8 Å². The van der Waals surface area contributed by atoms with Gasteiger partial charge in [-0.3, -0.25) is 4.90 Å². The Morgan fingerprint density at radius 2 is 1.77 bits per heavy atom. The van der Waals surface area contributed by atoms with Crippen LogP contribution in [0.2, 0.25) is 0 Å². The predicted molar refractivity (Wildman–Crippen MR) is 122 cm³/mol. The minimum absolute atomic E-state index is 0.0241. The van der Waals surface area contributed by atoms with E-state index in [-0.39, 0.29) is 23.8 Å². The van der Waals surface area contributed by atoms with Gasteiger partial charge in [0.05, 0.1) is 19.3 Å². The van der Waals surface area contributed by atoms with Gasteiger partial charge in [-0.2, -0.15) is 0 Å². The highest BCUT2D eigenvalue weighted by molar-refractivity contribution is 6.33. The van der Waals surface area contributed by atoms with Gasteiger partial charge in [0.2, 0.25) is 0 Å². The topological polar surface area (TPSA) is 38.8 Å². The maximum absolute atomic E-state index is 12.6. The standard InChI is InChI=1S/C25H32BNO3/c1-17(22-10-6-7-11-23(22)26)29-16-21-15-27(24(28)30-21)25(2,3)14-18-12-19-8-4-5-9-20(19)13-18/h4-11,17-18,21H,12-16,26H2,1-3H3/t17-,21-/m1/s1. The third kappa shape index (κ3) is 4.41. The average Bonchev–Trinajstić information content (AvgIpc) is 3.28. The summed E-state index contributed by atoms with van der Waals surface area (Å²) >= 11 is 0. The number of benzene rings is 2. The number of cyclic esters (lactones) is 1. The molecule has 2 atom stereocenters. The molecule has 1 fully saturated rings. The molecule has 2 aromatic carbocycles. The van der Waals surface area contributed by atoms with Crippen LogP contribution in [0, 0.1) is 5.92 Å². The molecule has 1 amide bonds. The van der Waals surface area contributed by atoms with E-state index in [1.54, 1.807) is 0 Å². The Morgan fingerprint density at radius 1 is 1.13 bits per heavy atom. The molecule has 0 unspecified atom stereocenters. The van der Waals surface area contributed by atoms with E-state index in [4.69, 9.17) is 9.47 Å². The van der Waals surface area contributed by atoms with Crippen molar-refractivity contribution < 1.29 is 14.3 Å². The molecule has 0 bridgehead atoms. The van der Waals surface area contributed by atoms with E-state index in [1.165, 1.54) is 22.2 Å². The predicted octanol–water partition coefficient (Wildman–Crippen LogP) is 3.43. The van der Waals surface area contributed by atoms with E-state index < -0.39 is 0 Å². The van der Waals surface area contributed by atoms with Gasteiger partial charge in [0.1, 0.15) is 14.0 Å². The fourth-order valence-corrected chi connectivity index (χ4v) is 5.10. The summed E-state index contributed by atoms with van der Waals surface area (Å²) in [6, 6.07) is 17.0. The molecular formula is C25H32BNO3. The van der Waals surface area contributed by atoms with E-state index in [2.05, 4.69) is 65.0 Å². The number of ether oxygens (including phenoxy) is 2. The molecule has 1 saturated heterocycles. The summed E-state index contributed by atoms with van der Waals surface area (Å²) in [5.41, 5.74) is 5.08. The van der Waals surface area contributed by atoms with Gasteiger partial charge in [0, 0.05) is 5.54 Å². The van der Waals surface area contributed by atoms with Crippen LogP contribution in [0.25, 0.3) is 0 Å². The molecule has 1 aliphatic heterocycles. The number of hydrogen-bond acceptors (Lipinski definition) is 3. The molecule has 2 aromatic rings. The molecule has 158 valence electrons. The van der Waals surface area contributed by atoms with Crippen LogP contribution >= 0.6 is 0 Å². The van der Waals surface area contributed by atoms with E-state index in [0.717, 1.165) is 19.3 Å². The highest BCUT2D eigenvalue weighted by atomic mass is 16.6. The highest BCUT2D eigenvalue weighted by Crippen LogP contribution is 2.35. The number of hydrogen-bond donors (Lipinski definition) is 0. The van der Waals surface area contributed by atoms with Gasteiger partial charge < -0.3 is 9.47 Å². The van der Waals surface area contributed by atoms with Crippen molar-refractivity contribution in [3.63, 3.8) is 0 Å². The first-order valence-electron chi connectivity index (χ1n) is 11.1. The molecule has 4 nitrogen and oxygen atoms in total. The van der Waals surface area contributed by atoms with Gasteiger partial charge in [0.15, 0.2) is 0 Å². The molecule has 2 aliphatic rings. The second-order valence-corrected chi connectivity index (χ2v) is 9.51. The largest absolute Gasteiger partial charge is 0.442 e. The maximum Gasteiger partial charge on any atom is 0.410 e. The first-order valence-corrected chi connectivity index (χ1v) is 11.1. The lowest BCUT2D eigenvalue weighted by atomic mass is 9.87. The normalized spacial score (nSPS) is 20.3. The number of carbonyl (C=O) groups is 1. The fourth-order valence-electron chi connectivity index (χ4n) is 5.10. The summed E-state index contributed by atoms with van der Waals surface area (Å²) < 4.78 is 11.7. The van der Waals surface area contributed by atoms with Crippen LogP contribution in [0.3, 0.4) is 0 Å². The smallest absolute Gasteiger partial charge is 0.410 e. The molecule has 30 heavy (non-hydrogen) atoms. The van der Waals surface area contributed by atoms with Gasteiger partial charge in [-0.1, -0.05) is 54.0 Å². The first kappa shape index (κ1) is 21.0. The van der Waals surface area contributed by atoms with Crippen molar-refractivity contribution in [1.82, 2.24) is 4.90 Å². The molecule has 1 heterocycles. The molecule has 0 radical (unpaired) electrons. The lowest BCUT2D eigenvalue weighted by Crippen LogP contribution is -2.46. The fraction of sp³-hybridized carbons (Fsp3) is 0.480. The van der Waals surface area contributed by atoms with Crippen LogP contribution in [-0.2, 0) is 22.3 Å². The lowest BCUT2D eigenvalue weighted by Gasteiger charge is -2.35. The molecule has 0 N–H and O–H groups in total. The Balaban J connectivity index is 1.32. The maximum atomic E-state index is 12.6. The van der Waals surface area contributed by atoms with Crippen LogP contribution in [0.5, 0.6) is 0 Å². The molecule has 0 aromatic heterocycles. The van der Waals surface area contributed by atoms with E-state index >= 15 is 0 Å². The number of nitrogens with zero attached hydrogens (tertiary/aromatic N) is 1. The molecule has 5 heteroatoms. The Hall–Kier alpha value is -2.27. The number of rotatable bonds is 7. The molecule has 0 saturated carbocycles. The van der Waals surface area contributed by atoms with Crippen molar-refractivity contribution in [3.8, 4) is 0 Å². The van der Waals surface area contributed by atoms with Crippen molar-refractivity contribution in [3.05, 3.63) is 65.2 Å². The van der Waals surface area contributed by atoms with E-state index in [1.807, 2.05) is 17.0 Å². The van der Waals surface area contributed by atoms with E-state index in [9.17, 15) is 4.79 Å². The van der Waals surface area contributed by atoms with Gasteiger partial charge >= 0.3 is 6.09 Å². The minimum Gasteiger partial charge on any atom is -0.442 e. The number of carbonyl (C=O) groups excluding carboxylic acids is 1. The van der Waals surface area contributed by atoms with Crippen LogP contribution in [-0.4, -0.2) is 43.6 Å². The Labute approximate surface area is 181 Å². The van der Waals surface area contributed by atoms with Gasteiger partial charge in [-0.15, -0.1) is 0 Å². The zero-order chi connectivity index (χ0) is 21.3. The number of fused-ring (bicyclic) bond motifs is 1. The summed E-state index contributed by atoms with van der Waals surface area (Å²) in [6.45, 7) is 7.39. The molecular weight excluding hydrogens is 373 g/mol. The minimum atomic E-state index is -0.236. The highest BCUT2D eigenvalue weighted by Gasteiger charge is 2.42. The molecule has 4 rings (SSSR count). The zero-order valence-corrected chi connectivity index (χ0v) is 18.6. The van der Waals surface area contributed by atoms with Crippen molar-refractivity contribution in [2.24, 2.45) is 5.92 Å². The SMILES string of the molecule is Bc1ccccc1[C@@H](C)OC[C@H]1CN(C(C)(C)CC2Cc3ccccc3C2)C(=O)O1. The average molecular weight is 405 g/mol. The van der Waals surface area contributed by atoms with Crippen LogP contribution in [0.1, 0.15) is 50.0 Å². The van der Waals surface area contributed by atoms with Gasteiger partial charge in [-0.25, -0.2) is 4.79 Å². The third-order valence-electron chi connectivity index (χ3n) is 6.69. The monoisotopic (exact) mass is 405 g/mol. The lowest BCUT2D eigenvalue weighted by molar-refractivity contribution is 0.00699. The number of amides is 1. The first-order chi connectivity index (χ1) is 14.3. The van der Waals surface area contributed by atoms with Crippen molar-refractivity contribution in [1.29, 1.82) is 0 Å². The van der Waals surface area contributed by atoms with Gasteiger partial charge in [-0.05, 0) is 62.6 Å². The van der Waals surface area contributed by atoms with Crippen LogP contribution < -0.4 is 5.46 Å². The van der Waals surface area contributed by atoms with E-state index in [0.29, 0.717) is 19.1 Å². The van der Waals surface area contributed by atoms with Crippen molar-refractivity contribution >= 4 is 19.4 Å². The quantitative estimate of drug-likeness (QED) is 0.663. The Morgan fingerprint density at radius 3 is 2.43 bits per heavy atom. The van der Waals surface area contributed by atoms with Crippen LogP contribution in [0.4, 0.5) is 4.79 Å². The Kier molecular flexibility index (Phi) is 5.92. The van der Waals surface area contributed by atoms with Crippen LogP contribution in [0.15, 0.2) is 48.5 Å². The summed E-state index contributed by atoms with van der Waals surface area (Å²) in [4.78, 5) is 14.5. The Bertz CT molecular complexity index is 888.